The standard InChI is InChI=1S/C30H20O10/c31-15-4-1-13(2-5-15)24-12-23(38)29-21(36)10-20(35)27(30(29)40-24)17-7-14(3-6-18(17)33)25-11-22(37)28-19(34)8-16(32)9-26(28)39-25/h1-10,12,25,31-36H,11H2/t25-/m0/s1. The van der Waals surface area contributed by atoms with Crippen LogP contribution in [0, 0.1) is 0 Å². The van der Waals surface area contributed by atoms with Gasteiger partial charge in [-0.3, -0.25) is 9.59 Å². The Morgan fingerprint density at radius 2 is 1.40 bits per heavy atom. The third-order valence-electron chi connectivity index (χ3n) is 6.76. The molecule has 6 N–H and O–H groups in total. The van der Waals surface area contributed by atoms with Crippen LogP contribution in [0.25, 0.3) is 33.4 Å². The number of benzene rings is 4. The minimum atomic E-state index is -0.884. The van der Waals surface area contributed by atoms with Crippen molar-refractivity contribution >= 4 is 16.8 Å². The topological polar surface area (TPSA) is 178 Å². The molecule has 0 saturated carbocycles. The van der Waals surface area contributed by atoms with E-state index in [1.807, 2.05) is 0 Å². The zero-order valence-corrected chi connectivity index (χ0v) is 20.5. The van der Waals surface area contributed by atoms with E-state index in [0.717, 1.165) is 18.2 Å². The highest BCUT2D eigenvalue weighted by atomic mass is 16.5. The van der Waals surface area contributed by atoms with E-state index in [2.05, 4.69) is 0 Å². The molecule has 0 aliphatic carbocycles. The number of Topliss-reactive ketones (excluding diaryl/α,β-unsaturated/α-hetero) is 1. The van der Waals surface area contributed by atoms with Gasteiger partial charge in [-0.05, 0) is 42.0 Å². The quantitative estimate of drug-likeness (QED) is 0.181. The third-order valence-corrected chi connectivity index (χ3v) is 6.76. The molecule has 5 aromatic rings. The molecule has 0 saturated heterocycles. The second-order valence-electron chi connectivity index (χ2n) is 9.36. The molecule has 4 aromatic carbocycles. The number of carbonyl (C=O) groups excluding carboxylic acids is 1. The lowest BCUT2D eigenvalue weighted by atomic mass is 9.92. The number of phenols is 6. The minimum absolute atomic E-state index is 0.000984. The zero-order chi connectivity index (χ0) is 28.3. The Bertz CT molecular complexity index is 1900. The normalized spacial score (nSPS) is 14.6. The van der Waals surface area contributed by atoms with Gasteiger partial charge < -0.3 is 39.8 Å². The van der Waals surface area contributed by atoms with Crippen LogP contribution >= 0.6 is 0 Å². The summed E-state index contributed by atoms with van der Waals surface area (Å²) in [6, 6.07) is 14.5. The Hall–Kier alpha value is -5.64. The van der Waals surface area contributed by atoms with E-state index in [9.17, 15) is 40.2 Å². The number of aromatic hydroxyl groups is 6. The van der Waals surface area contributed by atoms with Crippen molar-refractivity contribution in [2.75, 3.05) is 0 Å². The molecular formula is C30H20O10. The zero-order valence-electron chi connectivity index (χ0n) is 20.5. The van der Waals surface area contributed by atoms with Crippen molar-refractivity contribution in [2.24, 2.45) is 0 Å². The van der Waals surface area contributed by atoms with E-state index in [-0.39, 0.29) is 62.8 Å². The maximum Gasteiger partial charge on any atom is 0.197 e. The van der Waals surface area contributed by atoms with Crippen molar-refractivity contribution in [1.82, 2.24) is 0 Å². The van der Waals surface area contributed by atoms with Gasteiger partial charge in [-0.25, -0.2) is 0 Å². The van der Waals surface area contributed by atoms with Gasteiger partial charge in [0.05, 0.1) is 12.0 Å². The Balaban J connectivity index is 1.53. The number of ether oxygens (including phenoxy) is 1. The molecule has 1 aliphatic rings. The van der Waals surface area contributed by atoms with E-state index >= 15 is 0 Å². The summed E-state index contributed by atoms with van der Waals surface area (Å²) in [6.07, 6.45) is -1.05. The highest BCUT2D eigenvalue weighted by Crippen LogP contribution is 2.47. The fraction of sp³-hybridized carbons (Fsp3) is 0.0667. The van der Waals surface area contributed by atoms with Crippen molar-refractivity contribution < 1.29 is 44.6 Å². The molecule has 0 bridgehead atoms. The highest BCUT2D eigenvalue weighted by Gasteiger charge is 2.32. The van der Waals surface area contributed by atoms with Crippen molar-refractivity contribution in [3.63, 3.8) is 0 Å². The van der Waals surface area contributed by atoms with Gasteiger partial charge in [0, 0.05) is 35.4 Å². The molecule has 6 rings (SSSR count). The van der Waals surface area contributed by atoms with Gasteiger partial charge in [-0.1, -0.05) is 6.07 Å². The molecular weight excluding hydrogens is 520 g/mol. The van der Waals surface area contributed by atoms with Gasteiger partial charge in [-0.15, -0.1) is 0 Å². The lowest BCUT2D eigenvalue weighted by Crippen LogP contribution is -2.20. The number of phenolic OH excluding ortho intramolecular Hbond substituents is 6. The van der Waals surface area contributed by atoms with Gasteiger partial charge in [-0.2, -0.15) is 0 Å². The molecule has 10 heteroatoms. The second kappa shape index (κ2) is 8.98. The van der Waals surface area contributed by atoms with Crippen LogP contribution in [0.4, 0.5) is 0 Å². The summed E-state index contributed by atoms with van der Waals surface area (Å²) in [5.41, 5.74) is -0.124. The van der Waals surface area contributed by atoms with Crippen molar-refractivity contribution in [2.45, 2.75) is 12.5 Å². The smallest absolute Gasteiger partial charge is 0.197 e. The summed E-state index contributed by atoms with van der Waals surface area (Å²) in [5.74, 6) is -2.41. The number of ketones is 1. The van der Waals surface area contributed by atoms with Crippen LogP contribution in [0.15, 0.2) is 75.9 Å². The fourth-order valence-electron chi connectivity index (χ4n) is 4.90. The van der Waals surface area contributed by atoms with E-state index in [4.69, 9.17) is 9.15 Å². The third kappa shape index (κ3) is 3.99. The predicted octanol–water partition coefficient (Wildman–Crippen LogP) is 5.07. The van der Waals surface area contributed by atoms with E-state index in [1.165, 1.54) is 48.5 Å². The molecule has 0 radical (unpaired) electrons. The fourth-order valence-corrected chi connectivity index (χ4v) is 4.90. The highest BCUT2D eigenvalue weighted by molar-refractivity contribution is 6.03. The molecule has 40 heavy (non-hydrogen) atoms. The van der Waals surface area contributed by atoms with Gasteiger partial charge in [0.25, 0.3) is 0 Å². The Kier molecular flexibility index (Phi) is 5.54. The van der Waals surface area contributed by atoms with Crippen LogP contribution in [0.1, 0.15) is 28.4 Å². The SMILES string of the molecule is O=C1C[C@@H](c2ccc(O)c(-c3c(O)cc(O)c4c(=O)cc(-c5ccc(O)cc5)oc34)c2)Oc2cc(O)cc(O)c21. The minimum Gasteiger partial charge on any atom is -0.508 e. The number of rotatable bonds is 3. The van der Waals surface area contributed by atoms with Crippen LogP contribution in [0.5, 0.6) is 40.2 Å². The van der Waals surface area contributed by atoms with Gasteiger partial charge in [0.15, 0.2) is 16.8 Å². The largest absolute Gasteiger partial charge is 0.508 e. The van der Waals surface area contributed by atoms with Crippen molar-refractivity contribution in [3.8, 4) is 62.7 Å². The molecule has 1 atom stereocenters. The average molecular weight is 540 g/mol. The Morgan fingerprint density at radius 3 is 2.15 bits per heavy atom. The summed E-state index contributed by atoms with van der Waals surface area (Å²) in [7, 11) is 0. The van der Waals surface area contributed by atoms with Gasteiger partial charge in [0.1, 0.15) is 63.1 Å². The molecule has 2 heterocycles. The van der Waals surface area contributed by atoms with Gasteiger partial charge in [0.2, 0.25) is 0 Å². The summed E-state index contributed by atoms with van der Waals surface area (Å²) in [5, 5.41) is 61.5. The Labute approximate surface area is 224 Å². The summed E-state index contributed by atoms with van der Waals surface area (Å²) in [4.78, 5) is 25.9. The van der Waals surface area contributed by atoms with Gasteiger partial charge >= 0.3 is 0 Å². The van der Waals surface area contributed by atoms with Crippen LogP contribution in [0.2, 0.25) is 0 Å². The first-order valence-corrected chi connectivity index (χ1v) is 12.0. The maximum absolute atomic E-state index is 13.1. The summed E-state index contributed by atoms with van der Waals surface area (Å²) < 4.78 is 11.9. The molecule has 200 valence electrons. The number of carbonyl (C=O) groups is 1. The first-order chi connectivity index (χ1) is 19.1. The summed E-state index contributed by atoms with van der Waals surface area (Å²) in [6.45, 7) is 0. The van der Waals surface area contributed by atoms with E-state index < -0.39 is 34.6 Å². The van der Waals surface area contributed by atoms with Crippen molar-refractivity contribution in [3.05, 3.63) is 88.1 Å². The molecule has 10 nitrogen and oxygen atoms in total. The lowest BCUT2D eigenvalue weighted by molar-refractivity contribution is 0.0845. The number of hydrogen-bond donors (Lipinski definition) is 6. The molecule has 1 aromatic heterocycles. The van der Waals surface area contributed by atoms with Crippen LogP contribution in [-0.4, -0.2) is 36.4 Å². The monoisotopic (exact) mass is 540 g/mol. The predicted molar refractivity (Wildman–Crippen MR) is 142 cm³/mol. The molecule has 0 amide bonds. The van der Waals surface area contributed by atoms with Crippen LogP contribution in [0.3, 0.4) is 0 Å². The van der Waals surface area contributed by atoms with E-state index in [1.54, 1.807) is 0 Å². The summed E-state index contributed by atoms with van der Waals surface area (Å²) >= 11 is 0. The molecule has 0 fully saturated rings. The van der Waals surface area contributed by atoms with Crippen molar-refractivity contribution in [1.29, 1.82) is 0 Å². The molecule has 0 spiro atoms. The lowest BCUT2D eigenvalue weighted by Gasteiger charge is -2.26. The van der Waals surface area contributed by atoms with Crippen LogP contribution in [-0.2, 0) is 0 Å². The number of fused-ring (bicyclic) bond motifs is 2. The average Bonchev–Trinajstić information content (AvgIpc) is 2.89. The second-order valence-corrected chi connectivity index (χ2v) is 9.36. The first-order valence-electron chi connectivity index (χ1n) is 12.0. The van der Waals surface area contributed by atoms with E-state index in [0.29, 0.717) is 11.1 Å². The molecule has 1 aliphatic heterocycles. The first kappa shape index (κ1) is 24.7. The number of hydrogen-bond acceptors (Lipinski definition) is 10. The van der Waals surface area contributed by atoms with Crippen LogP contribution < -0.4 is 10.2 Å². The maximum atomic E-state index is 13.1. The molecule has 0 unspecified atom stereocenters. The Morgan fingerprint density at radius 1 is 0.675 bits per heavy atom.